The van der Waals surface area contributed by atoms with Crippen LogP contribution in [0, 0.1) is 0 Å². The SMILES string of the molecule is CCNCc1ccnn1Cc1ccc(C(C)(C)C)cc1. The molecule has 0 aliphatic heterocycles. The summed E-state index contributed by atoms with van der Waals surface area (Å²) in [5, 5.41) is 7.76. The number of aromatic nitrogens is 2. The lowest BCUT2D eigenvalue weighted by molar-refractivity contribution is 0.587. The Morgan fingerprint density at radius 2 is 1.80 bits per heavy atom. The normalized spacial score (nSPS) is 11.8. The van der Waals surface area contributed by atoms with Crippen molar-refractivity contribution in [3.05, 3.63) is 53.3 Å². The highest BCUT2D eigenvalue weighted by molar-refractivity contribution is 5.27. The van der Waals surface area contributed by atoms with Crippen LogP contribution in [0.15, 0.2) is 36.5 Å². The van der Waals surface area contributed by atoms with Gasteiger partial charge in [0.15, 0.2) is 0 Å². The third-order valence-electron chi connectivity index (χ3n) is 3.51. The maximum atomic E-state index is 4.41. The van der Waals surface area contributed by atoms with E-state index in [1.54, 1.807) is 0 Å². The number of nitrogens with one attached hydrogen (secondary N) is 1. The zero-order valence-corrected chi connectivity index (χ0v) is 13.0. The van der Waals surface area contributed by atoms with E-state index in [2.05, 4.69) is 73.1 Å². The van der Waals surface area contributed by atoms with E-state index in [-0.39, 0.29) is 5.41 Å². The van der Waals surface area contributed by atoms with Gasteiger partial charge in [0.05, 0.1) is 12.2 Å². The fourth-order valence-corrected chi connectivity index (χ4v) is 2.19. The van der Waals surface area contributed by atoms with Crippen LogP contribution in [0.25, 0.3) is 0 Å². The third-order valence-corrected chi connectivity index (χ3v) is 3.51. The standard InChI is InChI=1S/C17H25N3/c1-5-18-12-16-10-11-19-20(16)13-14-6-8-15(9-7-14)17(2,3)4/h6-11,18H,5,12-13H2,1-4H3. The molecule has 0 saturated carbocycles. The Balaban J connectivity index is 2.09. The average molecular weight is 271 g/mol. The Labute approximate surface area is 122 Å². The molecule has 20 heavy (non-hydrogen) atoms. The largest absolute Gasteiger partial charge is 0.311 e. The Kier molecular flexibility index (Phi) is 4.61. The molecule has 3 heteroatoms. The summed E-state index contributed by atoms with van der Waals surface area (Å²) in [6.45, 7) is 11.5. The van der Waals surface area contributed by atoms with E-state index in [1.165, 1.54) is 16.8 Å². The van der Waals surface area contributed by atoms with Crippen LogP contribution < -0.4 is 5.32 Å². The number of rotatable bonds is 5. The quantitative estimate of drug-likeness (QED) is 0.904. The second-order valence-electron chi connectivity index (χ2n) is 6.21. The monoisotopic (exact) mass is 271 g/mol. The van der Waals surface area contributed by atoms with Gasteiger partial charge in [-0.25, -0.2) is 0 Å². The van der Waals surface area contributed by atoms with Gasteiger partial charge >= 0.3 is 0 Å². The predicted molar refractivity (Wildman–Crippen MR) is 83.9 cm³/mol. The second-order valence-corrected chi connectivity index (χ2v) is 6.21. The lowest BCUT2D eigenvalue weighted by Gasteiger charge is -2.19. The average Bonchev–Trinajstić information content (AvgIpc) is 2.83. The van der Waals surface area contributed by atoms with Gasteiger partial charge in [-0.05, 0) is 29.2 Å². The highest BCUT2D eigenvalue weighted by Gasteiger charge is 2.13. The van der Waals surface area contributed by atoms with Gasteiger partial charge < -0.3 is 5.32 Å². The molecule has 1 aromatic carbocycles. The third kappa shape index (κ3) is 3.70. The minimum atomic E-state index is 0.209. The van der Waals surface area contributed by atoms with E-state index in [4.69, 9.17) is 0 Å². The minimum Gasteiger partial charge on any atom is -0.311 e. The molecule has 0 aliphatic carbocycles. The lowest BCUT2D eigenvalue weighted by atomic mass is 9.87. The number of nitrogens with zero attached hydrogens (tertiary/aromatic N) is 2. The minimum absolute atomic E-state index is 0.209. The summed E-state index contributed by atoms with van der Waals surface area (Å²) < 4.78 is 2.06. The van der Waals surface area contributed by atoms with Crippen molar-refractivity contribution >= 4 is 0 Å². The van der Waals surface area contributed by atoms with Gasteiger partial charge in [-0.1, -0.05) is 52.0 Å². The predicted octanol–water partition coefficient (Wildman–Crippen LogP) is 3.34. The Hall–Kier alpha value is -1.61. The van der Waals surface area contributed by atoms with E-state index in [0.717, 1.165) is 19.6 Å². The Morgan fingerprint density at radius 3 is 2.40 bits per heavy atom. The van der Waals surface area contributed by atoms with Gasteiger partial charge in [0.1, 0.15) is 0 Å². The maximum absolute atomic E-state index is 4.41. The van der Waals surface area contributed by atoms with Crippen molar-refractivity contribution < 1.29 is 0 Å². The Bertz CT molecular complexity index is 532. The van der Waals surface area contributed by atoms with E-state index < -0.39 is 0 Å². The Morgan fingerprint density at radius 1 is 1.10 bits per heavy atom. The van der Waals surface area contributed by atoms with E-state index in [1.807, 2.05) is 6.20 Å². The van der Waals surface area contributed by atoms with Crippen molar-refractivity contribution in [1.29, 1.82) is 0 Å². The summed E-state index contributed by atoms with van der Waals surface area (Å²) in [7, 11) is 0. The molecule has 0 atom stereocenters. The molecule has 2 aromatic rings. The highest BCUT2D eigenvalue weighted by Crippen LogP contribution is 2.22. The molecule has 0 aliphatic rings. The molecular weight excluding hydrogens is 246 g/mol. The fraction of sp³-hybridized carbons (Fsp3) is 0.471. The topological polar surface area (TPSA) is 29.9 Å². The molecule has 0 unspecified atom stereocenters. The summed E-state index contributed by atoms with van der Waals surface area (Å²) in [6, 6.07) is 10.9. The molecule has 3 nitrogen and oxygen atoms in total. The van der Waals surface area contributed by atoms with E-state index >= 15 is 0 Å². The zero-order chi connectivity index (χ0) is 14.6. The molecule has 0 spiro atoms. The van der Waals surface area contributed by atoms with Gasteiger partial charge in [0, 0.05) is 12.7 Å². The van der Waals surface area contributed by atoms with Gasteiger partial charge in [0.2, 0.25) is 0 Å². The molecule has 2 rings (SSSR count). The molecule has 1 aromatic heterocycles. The summed E-state index contributed by atoms with van der Waals surface area (Å²) in [6.07, 6.45) is 1.87. The number of hydrogen-bond donors (Lipinski definition) is 1. The van der Waals surface area contributed by atoms with E-state index in [0.29, 0.717) is 0 Å². The lowest BCUT2D eigenvalue weighted by Crippen LogP contribution is -2.16. The zero-order valence-electron chi connectivity index (χ0n) is 13.0. The van der Waals surface area contributed by atoms with Crippen molar-refractivity contribution in [1.82, 2.24) is 15.1 Å². The molecule has 0 fully saturated rings. The van der Waals surface area contributed by atoms with Gasteiger partial charge in [0.25, 0.3) is 0 Å². The molecule has 1 heterocycles. The molecule has 108 valence electrons. The molecule has 0 amide bonds. The van der Waals surface area contributed by atoms with Crippen LogP contribution in [-0.2, 0) is 18.5 Å². The summed E-state index contributed by atoms with van der Waals surface area (Å²) in [5.74, 6) is 0. The van der Waals surface area contributed by atoms with Gasteiger partial charge in [-0.3, -0.25) is 4.68 Å². The first-order valence-corrected chi connectivity index (χ1v) is 7.31. The highest BCUT2D eigenvalue weighted by atomic mass is 15.3. The summed E-state index contributed by atoms with van der Waals surface area (Å²) in [4.78, 5) is 0. The van der Waals surface area contributed by atoms with Crippen LogP contribution in [0.5, 0.6) is 0 Å². The van der Waals surface area contributed by atoms with Crippen molar-refractivity contribution in [2.45, 2.75) is 46.2 Å². The number of hydrogen-bond acceptors (Lipinski definition) is 2. The van der Waals surface area contributed by atoms with Crippen LogP contribution in [0.2, 0.25) is 0 Å². The fourth-order valence-electron chi connectivity index (χ4n) is 2.19. The van der Waals surface area contributed by atoms with Crippen molar-refractivity contribution in [3.63, 3.8) is 0 Å². The van der Waals surface area contributed by atoms with Crippen LogP contribution in [0.4, 0.5) is 0 Å². The molecular formula is C17H25N3. The van der Waals surface area contributed by atoms with Crippen LogP contribution in [0.1, 0.15) is 44.5 Å². The van der Waals surface area contributed by atoms with Crippen molar-refractivity contribution in [2.24, 2.45) is 0 Å². The molecule has 0 saturated heterocycles. The second kappa shape index (κ2) is 6.23. The summed E-state index contributed by atoms with van der Waals surface area (Å²) in [5.41, 5.74) is 4.10. The first-order valence-electron chi connectivity index (χ1n) is 7.31. The summed E-state index contributed by atoms with van der Waals surface area (Å²) >= 11 is 0. The van der Waals surface area contributed by atoms with Crippen molar-refractivity contribution in [3.8, 4) is 0 Å². The molecule has 0 bridgehead atoms. The first kappa shape index (κ1) is 14.8. The molecule has 0 radical (unpaired) electrons. The van der Waals surface area contributed by atoms with E-state index in [9.17, 15) is 0 Å². The van der Waals surface area contributed by atoms with Crippen LogP contribution >= 0.6 is 0 Å². The number of benzene rings is 1. The van der Waals surface area contributed by atoms with Gasteiger partial charge in [-0.15, -0.1) is 0 Å². The first-order chi connectivity index (χ1) is 9.50. The van der Waals surface area contributed by atoms with Crippen molar-refractivity contribution in [2.75, 3.05) is 6.54 Å². The van der Waals surface area contributed by atoms with Gasteiger partial charge in [-0.2, -0.15) is 5.10 Å². The smallest absolute Gasteiger partial charge is 0.0663 e. The van der Waals surface area contributed by atoms with Crippen LogP contribution in [0.3, 0.4) is 0 Å². The molecule has 1 N–H and O–H groups in total. The van der Waals surface area contributed by atoms with Crippen LogP contribution in [-0.4, -0.2) is 16.3 Å². The maximum Gasteiger partial charge on any atom is 0.0663 e.